The van der Waals surface area contributed by atoms with Gasteiger partial charge in [-0.2, -0.15) is 0 Å². The van der Waals surface area contributed by atoms with Crippen LogP contribution in [0.5, 0.6) is 0 Å². The van der Waals surface area contributed by atoms with Gasteiger partial charge in [-0.1, -0.05) is 24.3 Å². The highest BCUT2D eigenvalue weighted by atomic mass is 16.2. The topological polar surface area (TPSA) is 37.4 Å². The van der Waals surface area contributed by atoms with Crippen LogP contribution < -0.4 is 0 Å². The Morgan fingerprint density at radius 3 is 2.11 bits per heavy atom. The lowest BCUT2D eigenvalue weighted by Crippen LogP contribution is -2.48. The van der Waals surface area contributed by atoms with Gasteiger partial charge in [-0.15, -0.1) is 0 Å². The van der Waals surface area contributed by atoms with E-state index in [1.165, 1.54) is 11.0 Å². The van der Waals surface area contributed by atoms with Crippen molar-refractivity contribution in [2.45, 2.75) is 33.2 Å². The molecule has 3 nitrogen and oxygen atoms in total. The van der Waals surface area contributed by atoms with Crippen LogP contribution in [0.3, 0.4) is 0 Å². The number of hydrogen-bond acceptors (Lipinski definition) is 2. The summed E-state index contributed by atoms with van der Waals surface area (Å²) in [7, 11) is 0. The van der Waals surface area contributed by atoms with Gasteiger partial charge in [-0.3, -0.25) is 14.5 Å². The molecule has 3 heteroatoms. The van der Waals surface area contributed by atoms with Gasteiger partial charge < -0.3 is 0 Å². The monoisotopic (exact) mass is 245 g/mol. The van der Waals surface area contributed by atoms with E-state index in [1.807, 2.05) is 26.8 Å². The van der Waals surface area contributed by atoms with E-state index >= 15 is 0 Å². The van der Waals surface area contributed by atoms with Crippen LogP contribution in [-0.4, -0.2) is 22.3 Å². The Morgan fingerprint density at radius 2 is 1.67 bits per heavy atom. The standard InChI is InChI=1S/C15H19NO2/c1-5-9-13(17)16(15(2,3)4)14(18)12-10-7-6-8-11-12/h5-11H,1-4H3/b9-5+. The second kappa shape index (κ2) is 5.63. The number of carbonyl (C=O) groups is 2. The Labute approximate surface area is 108 Å². The van der Waals surface area contributed by atoms with E-state index in [1.54, 1.807) is 37.3 Å². The number of imide groups is 1. The molecule has 0 N–H and O–H groups in total. The molecule has 0 atom stereocenters. The van der Waals surface area contributed by atoms with E-state index < -0.39 is 5.54 Å². The Balaban J connectivity index is 3.13. The molecular weight excluding hydrogens is 226 g/mol. The van der Waals surface area contributed by atoms with Gasteiger partial charge in [0.05, 0.1) is 0 Å². The minimum Gasteiger partial charge on any atom is -0.270 e. The first-order valence-electron chi connectivity index (χ1n) is 5.94. The number of allylic oxidation sites excluding steroid dienone is 1. The molecule has 0 fully saturated rings. The maximum absolute atomic E-state index is 12.4. The second-order valence-corrected chi connectivity index (χ2v) is 5.02. The van der Waals surface area contributed by atoms with E-state index in [0.717, 1.165) is 0 Å². The molecule has 0 saturated carbocycles. The molecule has 1 rings (SSSR count). The lowest BCUT2D eigenvalue weighted by molar-refractivity contribution is -0.127. The fourth-order valence-electron chi connectivity index (χ4n) is 1.66. The lowest BCUT2D eigenvalue weighted by atomic mass is 10.0. The molecule has 0 unspecified atom stereocenters. The van der Waals surface area contributed by atoms with Crippen LogP contribution in [0.25, 0.3) is 0 Å². The predicted molar refractivity (Wildman–Crippen MR) is 72.2 cm³/mol. The van der Waals surface area contributed by atoms with Crippen LogP contribution in [0.1, 0.15) is 38.1 Å². The largest absolute Gasteiger partial charge is 0.270 e. The zero-order chi connectivity index (χ0) is 13.8. The molecule has 96 valence electrons. The Morgan fingerprint density at radius 1 is 1.11 bits per heavy atom. The first-order valence-corrected chi connectivity index (χ1v) is 5.94. The summed E-state index contributed by atoms with van der Waals surface area (Å²) in [6.07, 6.45) is 3.05. The van der Waals surface area contributed by atoms with Gasteiger partial charge in [0.25, 0.3) is 11.8 Å². The number of hydrogen-bond donors (Lipinski definition) is 0. The molecule has 0 heterocycles. The van der Waals surface area contributed by atoms with Crippen LogP contribution >= 0.6 is 0 Å². The Bertz CT molecular complexity index is 455. The maximum Gasteiger partial charge on any atom is 0.261 e. The van der Waals surface area contributed by atoms with Crippen molar-refractivity contribution in [2.24, 2.45) is 0 Å². The summed E-state index contributed by atoms with van der Waals surface area (Å²) < 4.78 is 0. The van der Waals surface area contributed by atoms with Crippen LogP contribution in [0, 0.1) is 0 Å². The van der Waals surface area contributed by atoms with E-state index in [4.69, 9.17) is 0 Å². The van der Waals surface area contributed by atoms with E-state index in [9.17, 15) is 9.59 Å². The third-order valence-corrected chi connectivity index (χ3v) is 2.42. The number of rotatable bonds is 2. The maximum atomic E-state index is 12.4. The van der Waals surface area contributed by atoms with Gasteiger partial charge in [-0.05, 0) is 45.9 Å². The highest BCUT2D eigenvalue weighted by Crippen LogP contribution is 2.18. The summed E-state index contributed by atoms with van der Waals surface area (Å²) >= 11 is 0. The molecule has 0 bridgehead atoms. The van der Waals surface area contributed by atoms with E-state index in [-0.39, 0.29) is 11.8 Å². The van der Waals surface area contributed by atoms with Gasteiger partial charge in [-0.25, -0.2) is 0 Å². The second-order valence-electron chi connectivity index (χ2n) is 5.02. The average molecular weight is 245 g/mol. The molecule has 1 aromatic carbocycles. The normalized spacial score (nSPS) is 11.6. The van der Waals surface area contributed by atoms with E-state index in [2.05, 4.69) is 0 Å². The van der Waals surface area contributed by atoms with Gasteiger partial charge in [0.2, 0.25) is 0 Å². The summed E-state index contributed by atoms with van der Waals surface area (Å²) in [6, 6.07) is 8.84. The highest BCUT2D eigenvalue weighted by Gasteiger charge is 2.31. The van der Waals surface area contributed by atoms with E-state index in [0.29, 0.717) is 5.56 Å². The fourth-order valence-corrected chi connectivity index (χ4v) is 1.66. The van der Waals surface area contributed by atoms with Gasteiger partial charge in [0, 0.05) is 11.1 Å². The van der Waals surface area contributed by atoms with Crippen LogP contribution in [0.15, 0.2) is 42.5 Å². The molecule has 0 spiro atoms. The van der Waals surface area contributed by atoms with Crippen molar-refractivity contribution in [3.8, 4) is 0 Å². The third-order valence-electron chi connectivity index (χ3n) is 2.42. The van der Waals surface area contributed by atoms with Crippen LogP contribution in [0.4, 0.5) is 0 Å². The highest BCUT2D eigenvalue weighted by molar-refractivity contribution is 6.08. The zero-order valence-electron chi connectivity index (χ0n) is 11.3. The van der Waals surface area contributed by atoms with Crippen LogP contribution in [-0.2, 0) is 4.79 Å². The summed E-state index contributed by atoms with van der Waals surface area (Å²) in [4.78, 5) is 25.7. The SMILES string of the molecule is C/C=C/C(=O)N(C(=O)c1ccccc1)C(C)(C)C. The molecule has 0 aliphatic rings. The minimum atomic E-state index is -0.552. The molecule has 2 amide bonds. The molecule has 0 radical (unpaired) electrons. The number of carbonyl (C=O) groups excluding carboxylic acids is 2. The molecule has 18 heavy (non-hydrogen) atoms. The van der Waals surface area contributed by atoms with Crippen molar-refractivity contribution in [1.82, 2.24) is 4.90 Å². The fraction of sp³-hybridized carbons (Fsp3) is 0.333. The van der Waals surface area contributed by atoms with Crippen molar-refractivity contribution in [2.75, 3.05) is 0 Å². The predicted octanol–water partition coefficient (Wildman–Crippen LogP) is 3.03. The average Bonchev–Trinajstić information content (AvgIpc) is 2.28. The zero-order valence-corrected chi connectivity index (χ0v) is 11.3. The number of benzene rings is 1. The molecule has 0 aliphatic heterocycles. The Hall–Kier alpha value is -1.90. The molecule has 0 saturated heterocycles. The summed E-state index contributed by atoms with van der Waals surface area (Å²) in [6.45, 7) is 7.28. The van der Waals surface area contributed by atoms with Crippen LogP contribution in [0.2, 0.25) is 0 Å². The lowest BCUT2D eigenvalue weighted by Gasteiger charge is -2.33. The number of amides is 2. The van der Waals surface area contributed by atoms with Crippen molar-refractivity contribution < 1.29 is 9.59 Å². The van der Waals surface area contributed by atoms with Gasteiger partial charge in [0.15, 0.2) is 0 Å². The molecule has 0 aromatic heterocycles. The van der Waals surface area contributed by atoms with Crippen molar-refractivity contribution in [1.29, 1.82) is 0 Å². The number of nitrogens with zero attached hydrogens (tertiary/aromatic N) is 1. The van der Waals surface area contributed by atoms with Gasteiger partial charge >= 0.3 is 0 Å². The smallest absolute Gasteiger partial charge is 0.261 e. The minimum absolute atomic E-state index is 0.272. The van der Waals surface area contributed by atoms with Crippen molar-refractivity contribution >= 4 is 11.8 Å². The first kappa shape index (κ1) is 14.2. The molecular formula is C15H19NO2. The van der Waals surface area contributed by atoms with Crippen molar-refractivity contribution in [3.05, 3.63) is 48.0 Å². The summed E-state index contributed by atoms with van der Waals surface area (Å²) in [5.41, 5.74) is -0.0333. The summed E-state index contributed by atoms with van der Waals surface area (Å²) in [5.74, 6) is -0.565. The third kappa shape index (κ3) is 3.29. The quantitative estimate of drug-likeness (QED) is 0.751. The Kier molecular flexibility index (Phi) is 4.43. The summed E-state index contributed by atoms with van der Waals surface area (Å²) in [5, 5.41) is 0. The first-order chi connectivity index (χ1) is 8.38. The molecule has 0 aliphatic carbocycles. The molecule has 1 aromatic rings. The van der Waals surface area contributed by atoms with Gasteiger partial charge in [0.1, 0.15) is 0 Å². The van der Waals surface area contributed by atoms with Crippen molar-refractivity contribution in [3.63, 3.8) is 0 Å².